The number of benzene rings is 1. The molecule has 1 aliphatic heterocycles. The molecule has 7 nitrogen and oxygen atoms in total. The van der Waals surface area contributed by atoms with Gasteiger partial charge in [0.1, 0.15) is 17.5 Å². The molecule has 1 atom stereocenters. The number of ether oxygens (including phenoxy) is 2. The molecule has 2 rings (SSSR count). The van der Waals surface area contributed by atoms with Crippen LogP contribution >= 0.6 is 0 Å². The Morgan fingerprint density at radius 2 is 1.62 bits per heavy atom. The lowest BCUT2D eigenvalue weighted by atomic mass is 10.1. The zero-order valence-electron chi connectivity index (χ0n) is 14.0. The Kier molecular flexibility index (Phi) is 4.92. The second-order valence-electron chi connectivity index (χ2n) is 6.20. The maximum Gasteiger partial charge on any atom is 0.409 e. The van der Waals surface area contributed by atoms with Crippen molar-refractivity contribution in [3.8, 4) is 5.75 Å². The largest absolute Gasteiger partial charge is 0.497 e. The first kappa shape index (κ1) is 17.5. The molecule has 3 amide bonds. The van der Waals surface area contributed by atoms with Gasteiger partial charge in [-0.1, -0.05) is 12.1 Å². The Labute approximate surface area is 140 Å². The van der Waals surface area contributed by atoms with Gasteiger partial charge < -0.3 is 9.47 Å². The van der Waals surface area contributed by atoms with E-state index in [1.807, 2.05) is 0 Å². The van der Waals surface area contributed by atoms with E-state index in [9.17, 15) is 14.4 Å². The molecule has 1 aliphatic rings. The normalized spacial score (nSPS) is 15.4. The van der Waals surface area contributed by atoms with Crippen molar-refractivity contribution in [1.82, 2.24) is 10.2 Å². The Balaban J connectivity index is 2.29. The highest BCUT2D eigenvalue weighted by atomic mass is 16.6. The second-order valence-corrected chi connectivity index (χ2v) is 6.20. The second kappa shape index (κ2) is 6.74. The van der Waals surface area contributed by atoms with E-state index in [1.54, 1.807) is 45.0 Å². The Morgan fingerprint density at radius 3 is 2.08 bits per heavy atom. The lowest BCUT2D eigenvalue weighted by Crippen LogP contribution is -2.45. The van der Waals surface area contributed by atoms with Crippen molar-refractivity contribution in [1.29, 1.82) is 0 Å². The Bertz CT molecular complexity index is 655. The number of nitrogens with zero attached hydrogens (tertiary/aromatic N) is 1. The highest BCUT2D eigenvalue weighted by molar-refractivity contribution is 6.13. The van der Waals surface area contributed by atoms with Gasteiger partial charge in [0.25, 0.3) is 11.8 Å². The van der Waals surface area contributed by atoms with E-state index in [-0.39, 0.29) is 0 Å². The lowest BCUT2D eigenvalue weighted by Gasteiger charge is -2.29. The third kappa shape index (κ3) is 4.13. The highest BCUT2D eigenvalue weighted by Gasteiger charge is 2.34. The summed E-state index contributed by atoms with van der Waals surface area (Å²) in [5, 5.41) is 2.57. The molecule has 1 heterocycles. The van der Waals surface area contributed by atoms with Crippen molar-refractivity contribution in [2.75, 3.05) is 7.11 Å². The van der Waals surface area contributed by atoms with Crippen LogP contribution in [0.25, 0.3) is 0 Å². The van der Waals surface area contributed by atoms with Crippen molar-refractivity contribution in [2.24, 2.45) is 0 Å². The minimum Gasteiger partial charge on any atom is -0.497 e. The van der Waals surface area contributed by atoms with Crippen LogP contribution in [0, 0.1) is 0 Å². The minimum absolute atomic E-state index is 0.503. The first-order valence-electron chi connectivity index (χ1n) is 7.40. The van der Waals surface area contributed by atoms with E-state index in [0.717, 1.165) is 17.1 Å². The number of hydrogen-bond acceptors (Lipinski definition) is 5. The molecular formula is C17H20N2O5. The molecule has 0 radical (unpaired) electrons. The predicted molar refractivity (Wildman–Crippen MR) is 86.1 cm³/mol. The quantitative estimate of drug-likeness (QED) is 0.854. The van der Waals surface area contributed by atoms with E-state index >= 15 is 0 Å². The fraction of sp³-hybridized carbons (Fsp3) is 0.353. The average Bonchev–Trinajstić information content (AvgIpc) is 2.82. The molecule has 0 fully saturated rings. The Hall–Kier alpha value is -2.83. The van der Waals surface area contributed by atoms with Gasteiger partial charge in [-0.2, -0.15) is 0 Å². The van der Waals surface area contributed by atoms with Crippen LogP contribution in [0.2, 0.25) is 0 Å². The maximum absolute atomic E-state index is 12.1. The van der Waals surface area contributed by atoms with Gasteiger partial charge in [0, 0.05) is 12.2 Å². The summed E-state index contributed by atoms with van der Waals surface area (Å²) in [4.78, 5) is 37.1. The molecule has 1 N–H and O–H groups in total. The van der Waals surface area contributed by atoms with Crippen LogP contribution in [-0.4, -0.2) is 35.5 Å². The van der Waals surface area contributed by atoms with Crippen molar-refractivity contribution < 1.29 is 23.9 Å². The van der Waals surface area contributed by atoms with Crippen LogP contribution in [0.15, 0.2) is 36.4 Å². The van der Waals surface area contributed by atoms with Gasteiger partial charge >= 0.3 is 6.09 Å². The van der Waals surface area contributed by atoms with E-state index in [4.69, 9.17) is 9.47 Å². The van der Waals surface area contributed by atoms with Gasteiger partial charge in [0.15, 0.2) is 0 Å². The molecule has 0 spiro atoms. The van der Waals surface area contributed by atoms with Crippen molar-refractivity contribution in [3.05, 3.63) is 42.0 Å². The van der Waals surface area contributed by atoms with Crippen LogP contribution < -0.4 is 10.1 Å². The van der Waals surface area contributed by atoms with Gasteiger partial charge in [-0.25, -0.2) is 9.69 Å². The topological polar surface area (TPSA) is 84.9 Å². The maximum atomic E-state index is 12.1. The lowest BCUT2D eigenvalue weighted by molar-refractivity contribution is -0.140. The summed E-state index contributed by atoms with van der Waals surface area (Å²) in [5.74, 6) is -0.388. The number of methoxy groups -OCH3 is 1. The van der Waals surface area contributed by atoms with E-state index in [1.165, 1.54) is 7.11 Å². The van der Waals surface area contributed by atoms with Crippen LogP contribution in [0.3, 0.4) is 0 Å². The van der Waals surface area contributed by atoms with Crippen LogP contribution in [0.1, 0.15) is 32.5 Å². The number of hydrogen-bond donors (Lipinski definition) is 1. The van der Waals surface area contributed by atoms with Gasteiger partial charge in [-0.05, 0) is 38.5 Å². The SMILES string of the molecule is COc1ccc(C(NC(=O)OC(C)(C)C)N2C(=O)C=CC2=O)cc1. The average molecular weight is 332 g/mol. The summed E-state index contributed by atoms with van der Waals surface area (Å²) < 4.78 is 10.3. The number of rotatable bonds is 4. The van der Waals surface area contributed by atoms with E-state index < -0.39 is 29.7 Å². The predicted octanol–water partition coefficient (Wildman–Crippen LogP) is 2.14. The number of carbonyl (C=O) groups excluding carboxylic acids is 3. The number of imide groups is 1. The first-order valence-corrected chi connectivity index (χ1v) is 7.40. The van der Waals surface area contributed by atoms with Gasteiger partial charge in [-0.3, -0.25) is 14.9 Å². The van der Waals surface area contributed by atoms with E-state index in [2.05, 4.69) is 5.32 Å². The number of amides is 3. The first-order chi connectivity index (χ1) is 11.2. The van der Waals surface area contributed by atoms with Crippen LogP contribution in [0.5, 0.6) is 5.75 Å². The van der Waals surface area contributed by atoms with Crippen molar-refractivity contribution in [2.45, 2.75) is 32.5 Å². The number of nitrogens with one attached hydrogen (secondary N) is 1. The monoisotopic (exact) mass is 332 g/mol. The van der Waals surface area contributed by atoms with Crippen molar-refractivity contribution in [3.63, 3.8) is 0 Å². The molecule has 0 bridgehead atoms. The summed E-state index contributed by atoms with van der Waals surface area (Å²) in [6.07, 6.45) is 0.627. The van der Waals surface area contributed by atoms with Gasteiger partial charge in [0.2, 0.25) is 0 Å². The molecule has 1 aromatic rings. The van der Waals surface area contributed by atoms with Crippen molar-refractivity contribution >= 4 is 17.9 Å². The number of alkyl carbamates (subject to hydrolysis) is 1. The molecule has 24 heavy (non-hydrogen) atoms. The molecule has 0 aromatic heterocycles. The molecule has 1 aromatic carbocycles. The van der Waals surface area contributed by atoms with Crippen LogP contribution in [0.4, 0.5) is 4.79 Å². The van der Waals surface area contributed by atoms with Gasteiger partial charge in [-0.15, -0.1) is 0 Å². The summed E-state index contributed by atoms with van der Waals surface area (Å²) in [7, 11) is 1.53. The fourth-order valence-corrected chi connectivity index (χ4v) is 2.17. The fourth-order valence-electron chi connectivity index (χ4n) is 2.17. The number of carbonyl (C=O) groups is 3. The van der Waals surface area contributed by atoms with Crippen LogP contribution in [-0.2, 0) is 14.3 Å². The Morgan fingerprint density at radius 1 is 1.08 bits per heavy atom. The highest BCUT2D eigenvalue weighted by Crippen LogP contribution is 2.24. The molecule has 0 saturated heterocycles. The minimum atomic E-state index is -0.972. The third-order valence-electron chi connectivity index (χ3n) is 3.19. The molecular weight excluding hydrogens is 312 g/mol. The summed E-state index contributed by atoms with van der Waals surface area (Å²) in [6.45, 7) is 5.17. The molecule has 128 valence electrons. The summed E-state index contributed by atoms with van der Waals surface area (Å²) >= 11 is 0. The zero-order chi connectivity index (χ0) is 17.9. The standard InChI is InChI=1S/C17H20N2O5/c1-17(2,3)24-16(22)18-15(19-13(20)9-10-14(19)21)11-5-7-12(23-4)8-6-11/h5-10,15H,1-4H3,(H,18,22). The third-order valence-corrected chi connectivity index (χ3v) is 3.19. The summed E-state index contributed by atoms with van der Waals surface area (Å²) in [6, 6.07) is 6.69. The molecule has 1 unspecified atom stereocenters. The summed E-state index contributed by atoms with van der Waals surface area (Å²) in [5.41, 5.74) is -0.154. The molecule has 7 heteroatoms. The zero-order valence-corrected chi connectivity index (χ0v) is 14.0. The molecule has 0 aliphatic carbocycles. The van der Waals surface area contributed by atoms with Gasteiger partial charge in [0.05, 0.1) is 7.11 Å². The smallest absolute Gasteiger partial charge is 0.409 e. The molecule has 0 saturated carbocycles. The van der Waals surface area contributed by atoms with E-state index in [0.29, 0.717) is 11.3 Å².